The molecule has 144 valence electrons. The summed E-state index contributed by atoms with van der Waals surface area (Å²) in [4.78, 5) is 14.4. The van der Waals surface area contributed by atoms with Crippen molar-refractivity contribution in [2.75, 3.05) is 13.6 Å². The summed E-state index contributed by atoms with van der Waals surface area (Å²) < 4.78 is 1.93. The topological polar surface area (TPSA) is 50.2 Å². The van der Waals surface area contributed by atoms with Crippen LogP contribution in [-0.4, -0.2) is 40.2 Å². The van der Waals surface area contributed by atoms with Crippen LogP contribution in [0.15, 0.2) is 24.3 Å². The minimum absolute atomic E-state index is 0.120. The summed E-state index contributed by atoms with van der Waals surface area (Å²) in [5.74, 6) is 0.532. The number of hydrogen-bond donors (Lipinski definition) is 1. The third-order valence-electron chi connectivity index (χ3n) is 6.57. The molecule has 1 amide bonds. The third-order valence-corrected chi connectivity index (χ3v) is 6.57. The van der Waals surface area contributed by atoms with Crippen molar-refractivity contribution in [3.8, 4) is 0 Å². The van der Waals surface area contributed by atoms with Crippen molar-refractivity contribution in [3.63, 3.8) is 0 Å². The molecule has 0 saturated carbocycles. The van der Waals surface area contributed by atoms with Crippen molar-refractivity contribution in [1.82, 2.24) is 20.0 Å². The summed E-state index contributed by atoms with van der Waals surface area (Å²) in [7, 11) is 3.92. The molecule has 0 radical (unpaired) electrons. The number of likely N-dealkylation sites (tertiary alicyclic amines) is 1. The Morgan fingerprint density at radius 1 is 1.15 bits per heavy atom. The zero-order valence-corrected chi connectivity index (χ0v) is 16.8. The van der Waals surface area contributed by atoms with E-state index in [2.05, 4.69) is 48.5 Å². The highest BCUT2D eigenvalue weighted by Gasteiger charge is 2.41. The van der Waals surface area contributed by atoms with E-state index in [-0.39, 0.29) is 11.9 Å². The number of aryl methyl sites for hydroxylation is 3. The maximum absolute atomic E-state index is 12.5. The standard InChI is InChI=1S/C22H30N4O/c1-14-21(15(2)26(4)24-14)22-18(12-20(27)25(22)3)13-23-19-10-9-16-7-5-6-8-17(16)11-19/h5-8,18-19,22-23H,9-13H2,1-4H3/t18-,19+,22+/m0/s1. The first-order chi connectivity index (χ1) is 13.0. The summed E-state index contributed by atoms with van der Waals surface area (Å²) >= 11 is 0. The Morgan fingerprint density at radius 3 is 2.59 bits per heavy atom. The van der Waals surface area contributed by atoms with Crippen LogP contribution in [0.3, 0.4) is 0 Å². The molecular weight excluding hydrogens is 336 g/mol. The molecule has 5 heteroatoms. The second-order valence-corrected chi connectivity index (χ2v) is 8.24. The van der Waals surface area contributed by atoms with Gasteiger partial charge in [-0.25, -0.2) is 0 Å². The first-order valence-electron chi connectivity index (χ1n) is 10.0. The molecular formula is C22H30N4O. The van der Waals surface area contributed by atoms with Crippen LogP contribution < -0.4 is 5.32 Å². The number of carbonyl (C=O) groups excluding carboxylic acids is 1. The van der Waals surface area contributed by atoms with Gasteiger partial charge in [-0.1, -0.05) is 24.3 Å². The average Bonchev–Trinajstić information content (AvgIpc) is 3.07. The predicted octanol–water partition coefficient (Wildman–Crippen LogP) is 2.70. The zero-order chi connectivity index (χ0) is 19.1. The van der Waals surface area contributed by atoms with Gasteiger partial charge in [0.15, 0.2) is 0 Å². The zero-order valence-electron chi connectivity index (χ0n) is 16.8. The Labute approximate surface area is 161 Å². The number of rotatable bonds is 4. The van der Waals surface area contributed by atoms with E-state index in [0.717, 1.165) is 30.8 Å². The van der Waals surface area contributed by atoms with Gasteiger partial charge in [-0.15, -0.1) is 0 Å². The molecule has 27 heavy (non-hydrogen) atoms. The van der Waals surface area contributed by atoms with Gasteiger partial charge < -0.3 is 10.2 Å². The molecule has 1 fully saturated rings. The Bertz CT molecular complexity index is 856. The molecule has 0 unspecified atom stereocenters. The maximum Gasteiger partial charge on any atom is 0.223 e. The van der Waals surface area contributed by atoms with E-state index in [4.69, 9.17) is 0 Å². The van der Waals surface area contributed by atoms with Crippen LogP contribution in [0, 0.1) is 19.8 Å². The highest BCUT2D eigenvalue weighted by molar-refractivity contribution is 5.79. The maximum atomic E-state index is 12.5. The molecule has 1 aromatic heterocycles. The molecule has 2 heterocycles. The fourth-order valence-corrected chi connectivity index (χ4v) is 4.97. The SMILES string of the molecule is Cc1nn(C)c(C)c1[C@H]1[C@H](CN[C@@H]2CCc3ccccc3C2)CC(=O)N1C. The van der Waals surface area contributed by atoms with Crippen molar-refractivity contribution in [2.24, 2.45) is 13.0 Å². The summed E-state index contributed by atoms with van der Waals surface area (Å²) in [5, 5.41) is 8.37. The fourth-order valence-electron chi connectivity index (χ4n) is 4.97. The van der Waals surface area contributed by atoms with Gasteiger partial charge in [0.2, 0.25) is 5.91 Å². The summed E-state index contributed by atoms with van der Waals surface area (Å²) in [6.07, 6.45) is 4.01. The van der Waals surface area contributed by atoms with Gasteiger partial charge in [0.25, 0.3) is 0 Å². The van der Waals surface area contributed by atoms with E-state index >= 15 is 0 Å². The van der Waals surface area contributed by atoms with E-state index in [1.165, 1.54) is 23.1 Å². The molecule has 0 spiro atoms. The quantitative estimate of drug-likeness (QED) is 0.905. The number of nitrogens with zero attached hydrogens (tertiary/aromatic N) is 3. The van der Waals surface area contributed by atoms with Gasteiger partial charge in [-0.3, -0.25) is 9.48 Å². The lowest BCUT2D eigenvalue weighted by Gasteiger charge is -2.29. The molecule has 1 aliphatic heterocycles. The lowest BCUT2D eigenvalue weighted by atomic mass is 9.87. The smallest absolute Gasteiger partial charge is 0.223 e. The van der Waals surface area contributed by atoms with E-state index in [1.807, 2.05) is 23.7 Å². The van der Waals surface area contributed by atoms with Crippen LogP contribution in [0.2, 0.25) is 0 Å². The van der Waals surface area contributed by atoms with Crippen molar-refractivity contribution >= 4 is 5.91 Å². The summed E-state index contributed by atoms with van der Waals surface area (Å²) in [6.45, 7) is 5.04. The highest BCUT2D eigenvalue weighted by atomic mass is 16.2. The highest BCUT2D eigenvalue weighted by Crippen LogP contribution is 2.39. The number of amides is 1. The molecule has 2 aliphatic rings. The Balaban J connectivity index is 1.48. The predicted molar refractivity (Wildman–Crippen MR) is 107 cm³/mol. The Morgan fingerprint density at radius 2 is 1.89 bits per heavy atom. The van der Waals surface area contributed by atoms with E-state index in [0.29, 0.717) is 18.4 Å². The number of hydrogen-bond acceptors (Lipinski definition) is 3. The number of benzene rings is 1. The van der Waals surface area contributed by atoms with E-state index < -0.39 is 0 Å². The molecule has 1 aromatic carbocycles. The van der Waals surface area contributed by atoms with Gasteiger partial charge in [0.1, 0.15) is 0 Å². The fraction of sp³-hybridized carbons (Fsp3) is 0.545. The van der Waals surface area contributed by atoms with Gasteiger partial charge in [0.05, 0.1) is 11.7 Å². The normalized spacial score (nSPS) is 25.1. The Kier molecular flexibility index (Phi) is 4.81. The van der Waals surface area contributed by atoms with Crippen molar-refractivity contribution in [1.29, 1.82) is 0 Å². The van der Waals surface area contributed by atoms with Crippen LogP contribution in [0.4, 0.5) is 0 Å². The van der Waals surface area contributed by atoms with Crippen LogP contribution in [0.25, 0.3) is 0 Å². The van der Waals surface area contributed by atoms with Crippen molar-refractivity contribution in [3.05, 3.63) is 52.3 Å². The second kappa shape index (κ2) is 7.12. The van der Waals surface area contributed by atoms with Gasteiger partial charge >= 0.3 is 0 Å². The first-order valence-corrected chi connectivity index (χ1v) is 10.0. The lowest BCUT2D eigenvalue weighted by molar-refractivity contribution is -0.127. The van der Waals surface area contributed by atoms with Gasteiger partial charge in [-0.2, -0.15) is 5.10 Å². The first kappa shape index (κ1) is 18.2. The molecule has 1 aliphatic carbocycles. The monoisotopic (exact) mass is 366 g/mol. The lowest BCUT2D eigenvalue weighted by Crippen LogP contribution is -2.39. The third kappa shape index (κ3) is 3.29. The van der Waals surface area contributed by atoms with Crippen LogP contribution in [0.1, 0.15) is 47.0 Å². The summed E-state index contributed by atoms with van der Waals surface area (Å²) in [5.41, 5.74) is 6.39. The number of fused-ring (bicyclic) bond motifs is 1. The number of aromatic nitrogens is 2. The Hall–Kier alpha value is -2.14. The summed E-state index contributed by atoms with van der Waals surface area (Å²) in [6, 6.07) is 9.39. The number of carbonyl (C=O) groups is 1. The van der Waals surface area contributed by atoms with E-state index in [9.17, 15) is 4.79 Å². The molecule has 4 rings (SSSR count). The average molecular weight is 367 g/mol. The molecule has 2 aromatic rings. The van der Waals surface area contributed by atoms with Crippen LogP contribution in [0.5, 0.6) is 0 Å². The van der Waals surface area contributed by atoms with Crippen molar-refractivity contribution < 1.29 is 4.79 Å². The number of nitrogens with one attached hydrogen (secondary N) is 1. The molecule has 5 nitrogen and oxygen atoms in total. The molecule has 3 atom stereocenters. The van der Waals surface area contributed by atoms with Crippen LogP contribution in [-0.2, 0) is 24.7 Å². The second-order valence-electron chi connectivity index (χ2n) is 8.24. The molecule has 1 N–H and O–H groups in total. The van der Waals surface area contributed by atoms with E-state index in [1.54, 1.807) is 0 Å². The van der Waals surface area contributed by atoms with Gasteiger partial charge in [0, 0.05) is 50.3 Å². The molecule has 1 saturated heterocycles. The minimum Gasteiger partial charge on any atom is -0.338 e. The van der Waals surface area contributed by atoms with Crippen LogP contribution >= 0.6 is 0 Å². The molecule has 0 bridgehead atoms. The van der Waals surface area contributed by atoms with Crippen molar-refractivity contribution in [2.45, 2.75) is 51.6 Å². The van der Waals surface area contributed by atoms with Gasteiger partial charge in [-0.05, 0) is 44.2 Å². The largest absolute Gasteiger partial charge is 0.338 e. The minimum atomic E-state index is 0.120.